The van der Waals surface area contributed by atoms with Gasteiger partial charge in [0.25, 0.3) is 0 Å². The molecule has 1 aromatic rings. The molecule has 15 heavy (non-hydrogen) atoms. The normalized spacial score (nSPS) is 18.3. The quantitative estimate of drug-likeness (QED) is 0.632. The minimum absolute atomic E-state index is 0.0834. The van der Waals surface area contributed by atoms with Crippen molar-refractivity contribution in [3.8, 4) is 0 Å². The second-order valence-corrected chi connectivity index (χ2v) is 3.52. The molecule has 0 saturated carbocycles. The average molecular weight is 205 g/mol. The van der Waals surface area contributed by atoms with E-state index in [-0.39, 0.29) is 11.7 Å². The van der Waals surface area contributed by atoms with Crippen LogP contribution in [0.25, 0.3) is 12.2 Å². The van der Waals surface area contributed by atoms with Crippen LogP contribution in [0.3, 0.4) is 0 Å². The molecule has 1 unspecified atom stereocenters. The molecule has 0 spiro atoms. The molecule has 1 aliphatic carbocycles. The fraction of sp³-hybridized carbons (Fsp3) is 0.273. The summed E-state index contributed by atoms with van der Waals surface area (Å²) in [5.74, 6) is 0. The van der Waals surface area contributed by atoms with Crippen molar-refractivity contribution in [1.82, 2.24) is 5.32 Å². The standard InChI is InChI=1S/C11H11NO3/c1-7-4-11(14)15-10-5-8(12-6-13)2-3-9(7)10/h3-6,8H,2H2,1H3,(H,12,13). The highest BCUT2D eigenvalue weighted by Crippen LogP contribution is 1.97. The lowest BCUT2D eigenvalue weighted by Crippen LogP contribution is -2.39. The smallest absolute Gasteiger partial charge is 0.336 e. The molecule has 1 atom stereocenters. The Labute approximate surface area is 85.9 Å². The number of amides is 1. The maximum absolute atomic E-state index is 11.1. The number of nitrogens with one attached hydrogen (secondary N) is 1. The summed E-state index contributed by atoms with van der Waals surface area (Å²) in [5, 5.41) is 3.58. The Hall–Kier alpha value is -1.84. The third-order valence-electron chi connectivity index (χ3n) is 2.45. The van der Waals surface area contributed by atoms with E-state index < -0.39 is 0 Å². The fourth-order valence-corrected chi connectivity index (χ4v) is 1.73. The Balaban J connectivity index is 2.61. The molecule has 1 heterocycles. The van der Waals surface area contributed by atoms with Gasteiger partial charge < -0.3 is 9.73 Å². The van der Waals surface area contributed by atoms with Gasteiger partial charge in [0.15, 0.2) is 0 Å². The molecular formula is C11H11NO3. The maximum atomic E-state index is 11.1. The Bertz CT molecular complexity index is 556. The summed E-state index contributed by atoms with van der Waals surface area (Å²) in [6, 6.07) is 1.39. The van der Waals surface area contributed by atoms with Crippen LogP contribution in [0, 0.1) is 6.92 Å². The van der Waals surface area contributed by atoms with Crippen molar-refractivity contribution in [2.45, 2.75) is 19.4 Å². The van der Waals surface area contributed by atoms with E-state index in [2.05, 4.69) is 5.32 Å². The highest BCUT2D eigenvalue weighted by atomic mass is 16.4. The lowest BCUT2D eigenvalue weighted by Gasteiger charge is -2.11. The van der Waals surface area contributed by atoms with Gasteiger partial charge in [0.05, 0.1) is 6.04 Å². The van der Waals surface area contributed by atoms with Gasteiger partial charge in [-0.15, -0.1) is 0 Å². The second-order valence-electron chi connectivity index (χ2n) is 3.52. The predicted octanol–water partition coefficient (Wildman–Crippen LogP) is -0.972. The first kappa shape index (κ1) is 9.71. The van der Waals surface area contributed by atoms with Crippen LogP contribution in [0.4, 0.5) is 0 Å². The maximum Gasteiger partial charge on any atom is 0.336 e. The summed E-state index contributed by atoms with van der Waals surface area (Å²) in [5.41, 5.74) is 1.09. The molecule has 2 rings (SSSR count). The van der Waals surface area contributed by atoms with Crippen LogP contribution in [0.1, 0.15) is 12.0 Å². The molecule has 1 aromatic heterocycles. The third-order valence-corrected chi connectivity index (χ3v) is 2.45. The van der Waals surface area contributed by atoms with E-state index in [1.807, 2.05) is 13.0 Å². The van der Waals surface area contributed by atoms with Crippen molar-refractivity contribution in [2.75, 3.05) is 0 Å². The van der Waals surface area contributed by atoms with Gasteiger partial charge in [-0.1, -0.05) is 6.08 Å². The first-order valence-corrected chi connectivity index (χ1v) is 4.73. The minimum Gasteiger partial charge on any atom is -0.423 e. The van der Waals surface area contributed by atoms with Gasteiger partial charge in [-0.2, -0.15) is 0 Å². The third kappa shape index (κ3) is 1.83. The number of carbonyl (C=O) groups is 1. The van der Waals surface area contributed by atoms with Gasteiger partial charge in [0.2, 0.25) is 6.41 Å². The number of aryl methyl sites for hydroxylation is 1. The largest absolute Gasteiger partial charge is 0.423 e. The van der Waals surface area contributed by atoms with E-state index in [1.165, 1.54) is 6.07 Å². The van der Waals surface area contributed by atoms with Crippen molar-refractivity contribution < 1.29 is 9.21 Å². The first-order valence-electron chi connectivity index (χ1n) is 4.73. The topological polar surface area (TPSA) is 59.3 Å². The Kier molecular flexibility index (Phi) is 2.41. The SMILES string of the molecule is Cc1cc(=O)oc2c1=CCC(NC=O)C=2. The number of hydrogen-bond acceptors (Lipinski definition) is 3. The van der Waals surface area contributed by atoms with Crippen LogP contribution in [-0.2, 0) is 4.79 Å². The van der Waals surface area contributed by atoms with Crippen LogP contribution in [0.15, 0.2) is 15.3 Å². The molecule has 0 aliphatic heterocycles. The zero-order valence-electron chi connectivity index (χ0n) is 8.32. The van der Waals surface area contributed by atoms with Gasteiger partial charge >= 0.3 is 5.63 Å². The molecule has 78 valence electrons. The van der Waals surface area contributed by atoms with Crippen molar-refractivity contribution in [2.24, 2.45) is 0 Å². The van der Waals surface area contributed by atoms with E-state index in [4.69, 9.17) is 4.42 Å². The number of rotatable bonds is 2. The summed E-state index contributed by atoms with van der Waals surface area (Å²) in [6.07, 6.45) is 5.10. The van der Waals surface area contributed by atoms with Gasteiger partial charge in [-0.25, -0.2) is 4.79 Å². The number of fused-ring (bicyclic) bond motifs is 1. The predicted molar refractivity (Wildman–Crippen MR) is 55.5 cm³/mol. The Morgan fingerprint density at radius 1 is 1.60 bits per heavy atom. The molecular weight excluding hydrogens is 194 g/mol. The minimum atomic E-state index is -0.359. The highest BCUT2D eigenvalue weighted by Gasteiger charge is 2.08. The number of carbonyl (C=O) groups excluding carboxylic acids is 1. The zero-order chi connectivity index (χ0) is 10.8. The molecule has 4 nitrogen and oxygen atoms in total. The van der Waals surface area contributed by atoms with E-state index in [0.29, 0.717) is 11.8 Å². The van der Waals surface area contributed by atoms with Crippen molar-refractivity contribution >= 4 is 18.6 Å². The average Bonchev–Trinajstić information content (AvgIpc) is 2.17. The first-order chi connectivity index (χ1) is 7.20. The molecule has 1 aliphatic rings. The number of hydrogen-bond donors (Lipinski definition) is 1. The highest BCUT2D eigenvalue weighted by molar-refractivity contribution is 5.53. The molecule has 0 radical (unpaired) electrons. The van der Waals surface area contributed by atoms with Crippen molar-refractivity contribution in [3.63, 3.8) is 0 Å². The lowest BCUT2D eigenvalue weighted by atomic mass is 10.1. The molecule has 0 fully saturated rings. The van der Waals surface area contributed by atoms with Crippen molar-refractivity contribution in [1.29, 1.82) is 0 Å². The van der Waals surface area contributed by atoms with Crippen LogP contribution in [0.5, 0.6) is 0 Å². The molecule has 0 bridgehead atoms. The molecule has 1 amide bonds. The van der Waals surface area contributed by atoms with E-state index in [0.717, 1.165) is 17.2 Å². The van der Waals surface area contributed by atoms with Gasteiger partial charge in [-0.05, 0) is 25.0 Å². The van der Waals surface area contributed by atoms with Crippen molar-refractivity contribution in [3.05, 3.63) is 32.7 Å². The van der Waals surface area contributed by atoms with Crippen LogP contribution >= 0.6 is 0 Å². The summed E-state index contributed by atoms with van der Waals surface area (Å²) in [7, 11) is 0. The Morgan fingerprint density at radius 3 is 3.13 bits per heavy atom. The molecule has 1 N–H and O–H groups in total. The molecule has 0 aromatic carbocycles. The van der Waals surface area contributed by atoms with Gasteiger partial charge in [0.1, 0.15) is 5.42 Å². The van der Waals surface area contributed by atoms with Crippen LogP contribution < -0.4 is 21.6 Å². The van der Waals surface area contributed by atoms with E-state index >= 15 is 0 Å². The zero-order valence-corrected chi connectivity index (χ0v) is 8.32. The molecule has 4 heteroatoms. The van der Waals surface area contributed by atoms with Crippen LogP contribution in [-0.4, -0.2) is 12.5 Å². The monoisotopic (exact) mass is 205 g/mol. The summed E-state index contributed by atoms with van der Waals surface area (Å²) < 4.78 is 5.06. The summed E-state index contributed by atoms with van der Waals surface area (Å²) in [4.78, 5) is 21.4. The summed E-state index contributed by atoms with van der Waals surface area (Å²) in [6.45, 7) is 1.87. The second kappa shape index (κ2) is 3.73. The van der Waals surface area contributed by atoms with E-state index in [1.54, 1.807) is 6.08 Å². The fourth-order valence-electron chi connectivity index (χ4n) is 1.73. The summed E-state index contributed by atoms with van der Waals surface area (Å²) >= 11 is 0. The Morgan fingerprint density at radius 2 is 2.40 bits per heavy atom. The van der Waals surface area contributed by atoms with E-state index in [9.17, 15) is 9.59 Å². The van der Waals surface area contributed by atoms with Gasteiger partial charge in [-0.3, -0.25) is 4.79 Å². The van der Waals surface area contributed by atoms with Crippen LogP contribution in [0.2, 0.25) is 0 Å². The van der Waals surface area contributed by atoms with Gasteiger partial charge in [0, 0.05) is 11.3 Å². The lowest BCUT2D eigenvalue weighted by molar-refractivity contribution is -0.109. The molecule has 0 saturated heterocycles.